The van der Waals surface area contributed by atoms with E-state index in [1.165, 1.54) is 4.68 Å². The molecule has 5 nitrogen and oxygen atoms in total. The van der Waals surface area contributed by atoms with Crippen LogP contribution in [0.5, 0.6) is 6.01 Å². The highest BCUT2D eigenvalue weighted by Crippen LogP contribution is 2.09. The van der Waals surface area contributed by atoms with Crippen molar-refractivity contribution in [1.82, 2.24) is 20.2 Å². The second-order valence-corrected chi connectivity index (χ2v) is 3.08. The summed E-state index contributed by atoms with van der Waals surface area (Å²) in [7, 11) is 0. The molecule has 0 fully saturated rings. The van der Waals surface area contributed by atoms with Crippen LogP contribution in [0.1, 0.15) is 11.1 Å². The third kappa shape index (κ3) is 2.01. The number of hydrogen-bond donors (Lipinski definition) is 1. The van der Waals surface area contributed by atoms with Gasteiger partial charge in [-0.3, -0.25) is 0 Å². The van der Waals surface area contributed by atoms with Gasteiger partial charge in [0.15, 0.2) is 0 Å². The fourth-order valence-electron chi connectivity index (χ4n) is 1.23. The molecule has 0 spiro atoms. The number of rotatable bonds is 3. The van der Waals surface area contributed by atoms with Crippen molar-refractivity contribution in [2.45, 2.75) is 6.54 Å². The van der Waals surface area contributed by atoms with Crippen LogP contribution >= 0.6 is 0 Å². The molecule has 2 rings (SSSR count). The Kier molecular flexibility index (Phi) is 2.45. The molecule has 0 saturated carbocycles. The van der Waals surface area contributed by atoms with Crippen molar-refractivity contribution in [3.8, 4) is 6.01 Å². The molecule has 1 N–H and O–H groups in total. The van der Waals surface area contributed by atoms with Gasteiger partial charge in [0.2, 0.25) is 0 Å². The molecule has 2 aromatic rings. The van der Waals surface area contributed by atoms with Crippen LogP contribution in [-0.2, 0) is 6.54 Å². The smallest absolute Gasteiger partial charge is 0.333 e. The zero-order valence-electron chi connectivity index (χ0n) is 8.04. The molecule has 0 atom stereocenters. The van der Waals surface area contributed by atoms with Gasteiger partial charge >= 0.3 is 6.01 Å². The second kappa shape index (κ2) is 3.91. The van der Waals surface area contributed by atoms with Crippen molar-refractivity contribution in [3.05, 3.63) is 42.0 Å². The van der Waals surface area contributed by atoms with Gasteiger partial charge in [0.05, 0.1) is 6.54 Å². The molecule has 0 aliphatic carbocycles. The van der Waals surface area contributed by atoms with Crippen molar-refractivity contribution in [3.63, 3.8) is 0 Å². The number of aromatic nitrogens is 4. The van der Waals surface area contributed by atoms with E-state index in [-0.39, 0.29) is 6.01 Å². The quantitative estimate of drug-likeness (QED) is 0.808. The van der Waals surface area contributed by atoms with Crippen molar-refractivity contribution < 1.29 is 5.11 Å². The minimum atomic E-state index is -0.178. The van der Waals surface area contributed by atoms with Crippen LogP contribution in [0.25, 0.3) is 6.08 Å². The molecule has 15 heavy (non-hydrogen) atoms. The van der Waals surface area contributed by atoms with Gasteiger partial charge in [0.1, 0.15) is 0 Å². The van der Waals surface area contributed by atoms with E-state index in [1.807, 2.05) is 24.3 Å². The van der Waals surface area contributed by atoms with Crippen LogP contribution in [0, 0.1) is 0 Å². The van der Waals surface area contributed by atoms with Gasteiger partial charge in [-0.05, 0) is 21.6 Å². The lowest BCUT2D eigenvalue weighted by Crippen LogP contribution is -2.01. The van der Waals surface area contributed by atoms with E-state index in [2.05, 4.69) is 22.1 Å². The topological polar surface area (TPSA) is 63.8 Å². The van der Waals surface area contributed by atoms with E-state index in [1.54, 1.807) is 6.08 Å². The summed E-state index contributed by atoms with van der Waals surface area (Å²) in [5.41, 5.74) is 2.07. The first-order valence-corrected chi connectivity index (χ1v) is 4.46. The molecule has 0 bridgehead atoms. The van der Waals surface area contributed by atoms with Crippen molar-refractivity contribution in [2.75, 3.05) is 0 Å². The third-order valence-electron chi connectivity index (χ3n) is 2.06. The number of hydrogen-bond acceptors (Lipinski definition) is 4. The molecule has 0 radical (unpaired) electrons. The van der Waals surface area contributed by atoms with E-state index in [0.29, 0.717) is 6.54 Å². The second-order valence-electron chi connectivity index (χ2n) is 3.08. The lowest BCUT2D eigenvalue weighted by Gasteiger charge is -2.01. The van der Waals surface area contributed by atoms with Crippen LogP contribution < -0.4 is 0 Å². The summed E-state index contributed by atoms with van der Waals surface area (Å²) in [5.74, 6) is 0. The van der Waals surface area contributed by atoms with E-state index >= 15 is 0 Å². The average Bonchev–Trinajstić information content (AvgIpc) is 2.66. The molecule has 0 aliphatic heterocycles. The fraction of sp³-hybridized carbons (Fsp3) is 0.100. The van der Waals surface area contributed by atoms with E-state index in [0.717, 1.165) is 11.1 Å². The largest absolute Gasteiger partial charge is 0.478 e. The average molecular weight is 202 g/mol. The van der Waals surface area contributed by atoms with Crippen LogP contribution in [0.4, 0.5) is 0 Å². The predicted molar refractivity (Wildman–Crippen MR) is 55.1 cm³/mol. The molecule has 5 heteroatoms. The summed E-state index contributed by atoms with van der Waals surface area (Å²) in [5, 5.41) is 19.6. The highest BCUT2D eigenvalue weighted by atomic mass is 16.3. The fourth-order valence-corrected chi connectivity index (χ4v) is 1.23. The van der Waals surface area contributed by atoms with Gasteiger partial charge in [-0.1, -0.05) is 42.0 Å². The Morgan fingerprint density at radius 1 is 1.33 bits per heavy atom. The lowest BCUT2D eigenvalue weighted by molar-refractivity contribution is 0.393. The Balaban J connectivity index is 2.18. The summed E-state index contributed by atoms with van der Waals surface area (Å²) in [4.78, 5) is 0. The van der Waals surface area contributed by atoms with Gasteiger partial charge in [0.25, 0.3) is 0 Å². The first kappa shape index (κ1) is 9.39. The molecule has 76 valence electrons. The van der Waals surface area contributed by atoms with Crippen molar-refractivity contribution >= 4 is 6.08 Å². The van der Waals surface area contributed by atoms with E-state index in [4.69, 9.17) is 0 Å². The molecule has 1 aromatic carbocycles. The molecule has 0 amide bonds. The van der Waals surface area contributed by atoms with Gasteiger partial charge < -0.3 is 5.11 Å². The molecule has 1 aromatic heterocycles. The SMILES string of the molecule is C=Cc1ccc(Cn2nnnc2O)cc1. The summed E-state index contributed by atoms with van der Waals surface area (Å²) >= 11 is 0. The van der Waals surface area contributed by atoms with Crippen molar-refractivity contribution in [1.29, 1.82) is 0 Å². The molecule has 1 heterocycles. The summed E-state index contributed by atoms with van der Waals surface area (Å²) in [6, 6.07) is 7.60. The van der Waals surface area contributed by atoms with Crippen LogP contribution in [0.15, 0.2) is 30.8 Å². The van der Waals surface area contributed by atoms with E-state index in [9.17, 15) is 5.11 Å². The Labute approximate surface area is 86.7 Å². The molecule has 0 unspecified atom stereocenters. The van der Waals surface area contributed by atoms with Crippen LogP contribution in [-0.4, -0.2) is 25.3 Å². The number of tetrazole rings is 1. The molecule has 0 aliphatic rings. The summed E-state index contributed by atoms with van der Waals surface area (Å²) < 4.78 is 1.32. The Hall–Kier alpha value is -2.17. The van der Waals surface area contributed by atoms with Crippen molar-refractivity contribution in [2.24, 2.45) is 0 Å². The maximum absolute atomic E-state index is 9.22. The van der Waals surface area contributed by atoms with E-state index < -0.39 is 0 Å². The van der Waals surface area contributed by atoms with Gasteiger partial charge in [-0.15, -0.1) is 0 Å². The maximum atomic E-state index is 9.22. The Morgan fingerprint density at radius 2 is 2.07 bits per heavy atom. The van der Waals surface area contributed by atoms with Crippen LogP contribution in [0.2, 0.25) is 0 Å². The predicted octanol–water partition coefficient (Wildman–Crippen LogP) is 1.07. The minimum Gasteiger partial charge on any atom is -0.478 e. The lowest BCUT2D eigenvalue weighted by atomic mass is 10.1. The normalized spacial score (nSPS) is 10.1. The Bertz CT molecular complexity index is 461. The number of benzene rings is 1. The third-order valence-corrected chi connectivity index (χ3v) is 2.06. The van der Waals surface area contributed by atoms with Crippen LogP contribution in [0.3, 0.4) is 0 Å². The molecular formula is C10H10N4O. The maximum Gasteiger partial charge on any atom is 0.333 e. The first-order valence-electron chi connectivity index (χ1n) is 4.46. The Morgan fingerprint density at radius 3 is 2.60 bits per heavy atom. The first-order chi connectivity index (χ1) is 7.29. The monoisotopic (exact) mass is 202 g/mol. The zero-order valence-corrected chi connectivity index (χ0v) is 8.04. The van der Waals surface area contributed by atoms with Gasteiger partial charge in [0, 0.05) is 0 Å². The van der Waals surface area contributed by atoms with Gasteiger partial charge in [-0.2, -0.15) is 4.68 Å². The standard InChI is InChI=1S/C10H10N4O/c1-2-8-3-5-9(6-4-8)7-14-10(15)11-12-13-14/h2-6H,1,7H2,(H,11,13,15). The van der Waals surface area contributed by atoms with Gasteiger partial charge in [-0.25, -0.2) is 0 Å². The minimum absolute atomic E-state index is 0.178. The molecular weight excluding hydrogens is 192 g/mol. The number of nitrogens with zero attached hydrogens (tertiary/aromatic N) is 4. The highest BCUT2D eigenvalue weighted by Gasteiger charge is 2.03. The zero-order chi connectivity index (χ0) is 10.7. The highest BCUT2D eigenvalue weighted by molar-refractivity contribution is 5.47. The summed E-state index contributed by atoms with van der Waals surface area (Å²) in [6.45, 7) is 4.13. The molecule has 0 saturated heterocycles. The number of aromatic hydroxyl groups is 1. The summed E-state index contributed by atoms with van der Waals surface area (Å²) in [6.07, 6.45) is 1.78.